The van der Waals surface area contributed by atoms with Gasteiger partial charge in [0.15, 0.2) is 8.32 Å². The van der Waals surface area contributed by atoms with Crippen LogP contribution < -0.4 is 10.6 Å². The number of nitrogens with one attached hydrogen (secondary N) is 2. The fourth-order valence-electron chi connectivity index (χ4n) is 4.35. The van der Waals surface area contributed by atoms with Gasteiger partial charge in [0.2, 0.25) is 5.91 Å². The van der Waals surface area contributed by atoms with E-state index in [2.05, 4.69) is 43.5 Å². The molecule has 0 saturated carbocycles. The SMILES string of the molecule is CC(C)NC(=O)Cc1cccc(C[C@@H](C)NC[C@H](CC(C)(C)[Si](C)(C)O)c2ccc(O)c(CO)c2)c1. The molecule has 0 bridgehead atoms. The van der Waals surface area contributed by atoms with E-state index in [1.165, 1.54) is 5.56 Å². The quantitative estimate of drug-likeness (QED) is 0.251. The third-order valence-corrected chi connectivity index (χ3v) is 10.7. The first-order valence-electron chi connectivity index (χ1n) is 13.0. The van der Waals surface area contributed by atoms with Gasteiger partial charge in [0.05, 0.1) is 13.0 Å². The van der Waals surface area contributed by atoms with Crippen molar-refractivity contribution in [2.75, 3.05) is 6.54 Å². The van der Waals surface area contributed by atoms with Crippen molar-refractivity contribution in [2.24, 2.45) is 0 Å². The highest BCUT2D eigenvalue weighted by Crippen LogP contribution is 2.44. The molecule has 0 aliphatic heterocycles. The van der Waals surface area contributed by atoms with Crippen LogP contribution in [0, 0.1) is 0 Å². The van der Waals surface area contributed by atoms with Crippen LogP contribution in [0.3, 0.4) is 0 Å². The van der Waals surface area contributed by atoms with E-state index < -0.39 is 8.32 Å². The molecule has 0 aliphatic rings. The predicted molar refractivity (Wildman–Crippen MR) is 150 cm³/mol. The van der Waals surface area contributed by atoms with Crippen LogP contribution in [-0.4, -0.2) is 47.9 Å². The van der Waals surface area contributed by atoms with Crippen molar-refractivity contribution in [3.63, 3.8) is 0 Å². The van der Waals surface area contributed by atoms with Crippen LogP contribution in [0.2, 0.25) is 18.1 Å². The Balaban J connectivity index is 2.12. The summed E-state index contributed by atoms with van der Waals surface area (Å²) in [4.78, 5) is 23.1. The standard InChI is InChI=1S/C29H46N2O4Si/c1-20(2)31-28(34)15-23-10-8-9-22(14-23)13-21(3)30-18-26(17-29(4,5)36(6,7)35)24-11-12-27(33)25(16-24)19-32/h8-12,14,16,20-21,26,30,32-33,35H,13,15,17-19H2,1-7H3,(H,31,34)/t21-,26+/m1/s1. The molecular weight excluding hydrogens is 468 g/mol. The summed E-state index contributed by atoms with van der Waals surface area (Å²) in [6, 6.07) is 14.0. The Hall–Kier alpha value is -2.19. The summed E-state index contributed by atoms with van der Waals surface area (Å²) in [7, 11) is -2.42. The molecule has 2 aromatic rings. The van der Waals surface area contributed by atoms with Crippen molar-refractivity contribution >= 4 is 14.2 Å². The van der Waals surface area contributed by atoms with Crippen molar-refractivity contribution in [1.29, 1.82) is 0 Å². The molecule has 0 aromatic heterocycles. The van der Waals surface area contributed by atoms with Crippen LogP contribution in [0.15, 0.2) is 42.5 Å². The Kier molecular flexibility index (Phi) is 10.7. The Labute approximate surface area is 218 Å². The fourth-order valence-corrected chi connectivity index (χ4v) is 5.10. The smallest absolute Gasteiger partial charge is 0.224 e. The minimum absolute atomic E-state index is 0.0327. The van der Waals surface area contributed by atoms with Gasteiger partial charge >= 0.3 is 0 Å². The molecule has 0 aliphatic carbocycles. The minimum Gasteiger partial charge on any atom is -0.508 e. The van der Waals surface area contributed by atoms with Gasteiger partial charge in [-0.2, -0.15) is 0 Å². The Morgan fingerprint density at radius 3 is 2.33 bits per heavy atom. The number of phenols is 1. The number of aliphatic hydroxyl groups excluding tert-OH is 1. The van der Waals surface area contributed by atoms with E-state index in [0.717, 1.165) is 24.0 Å². The summed E-state index contributed by atoms with van der Waals surface area (Å²) in [6.45, 7) is 14.8. The predicted octanol–water partition coefficient (Wildman–Crippen LogP) is 4.62. The summed E-state index contributed by atoms with van der Waals surface area (Å²) < 4.78 is 0. The monoisotopic (exact) mass is 514 g/mol. The van der Waals surface area contributed by atoms with Crippen molar-refractivity contribution < 1.29 is 19.8 Å². The summed E-state index contributed by atoms with van der Waals surface area (Å²) in [5.74, 6) is 0.239. The van der Waals surface area contributed by atoms with Gasteiger partial charge in [-0.25, -0.2) is 0 Å². The van der Waals surface area contributed by atoms with Gasteiger partial charge in [-0.15, -0.1) is 0 Å². The van der Waals surface area contributed by atoms with Gasteiger partial charge in [-0.1, -0.05) is 44.2 Å². The number of aliphatic hydroxyl groups is 1. The maximum atomic E-state index is 12.2. The zero-order valence-electron chi connectivity index (χ0n) is 23.1. The molecule has 2 atom stereocenters. The molecule has 36 heavy (non-hydrogen) atoms. The Morgan fingerprint density at radius 2 is 1.72 bits per heavy atom. The molecule has 0 fully saturated rings. The highest BCUT2D eigenvalue weighted by molar-refractivity contribution is 6.72. The number of hydrogen-bond donors (Lipinski definition) is 5. The molecule has 0 radical (unpaired) electrons. The van der Waals surface area contributed by atoms with Gasteiger partial charge in [0.1, 0.15) is 5.75 Å². The first kappa shape index (κ1) is 30.0. The number of amides is 1. The highest BCUT2D eigenvalue weighted by Gasteiger charge is 2.40. The van der Waals surface area contributed by atoms with E-state index in [1.54, 1.807) is 6.07 Å². The lowest BCUT2D eigenvalue weighted by Gasteiger charge is -2.38. The molecule has 2 aromatic carbocycles. The maximum absolute atomic E-state index is 12.2. The zero-order valence-corrected chi connectivity index (χ0v) is 24.1. The topological polar surface area (TPSA) is 102 Å². The van der Waals surface area contributed by atoms with E-state index in [-0.39, 0.29) is 41.3 Å². The summed E-state index contributed by atoms with van der Waals surface area (Å²) >= 11 is 0. The Morgan fingerprint density at radius 1 is 1.06 bits per heavy atom. The van der Waals surface area contributed by atoms with E-state index in [9.17, 15) is 19.8 Å². The van der Waals surface area contributed by atoms with Crippen LogP contribution >= 0.6 is 0 Å². The Bertz CT molecular complexity index is 1000. The van der Waals surface area contributed by atoms with Gasteiger partial charge in [-0.3, -0.25) is 4.79 Å². The lowest BCUT2D eigenvalue weighted by Crippen LogP contribution is -2.41. The molecule has 0 saturated heterocycles. The molecule has 1 amide bonds. The number of benzene rings is 2. The van der Waals surface area contributed by atoms with E-state index in [4.69, 9.17) is 0 Å². The minimum atomic E-state index is -2.42. The van der Waals surface area contributed by atoms with E-state index in [0.29, 0.717) is 18.5 Å². The third kappa shape index (κ3) is 9.03. The average molecular weight is 515 g/mol. The lowest BCUT2D eigenvalue weighted by molar-refractivity contribution is -0.120. The van der Waals surface area contributed by atoms with Gasteiger partial charge in [0.25, 0.3) is 0 Å². The van der Waals surface area contributed by atoms with Crippen molar-refractivity contribution in [3.05, 3.63) is 64.7 Å². The largest absolute Gasteiger partial charge is 0.508 e. The maximum Gasteiger partial charge on any atom is 0.224 e. The second-order valence-electron chi connectivity index (χ2n) is 11.6. The van der Waals surface area contributed by atoms with Crippen LogP contribution in [0.5, 0.6) is 5.75 Å². The molecule has 0 heterocycles. The first-order valence-corrected chi connectivity index (χ1v) is 15.9. The third-order valence-electron chi connectivity index (χ3n) is 7.22. The van der Waals surface area contributed by atoms with Gasteiger partial charge in [0, 0.05) is 24.2 Å². The van der Waals surface area contributed by atoms with E-state index in [1.807, 2.05) is 51.2 Å². The molecule has 5 N–H and O–H groups in total. The molecule has 200 valence electrons. The highest BCUT2D eigenvalue weighted by atomic mass is 28.4. The fraction of sp³-hybridized carbons (Fsp3) is 0.552. The molecule has 6 nitrogen and oxygen atoms in total. The van der Waals surface area contributed by atoms with Gasteiger partial charge in [-0.05, 0) is 86.5 Å². The van der Waals surface area contributed by atoms with Crippen molar-refractivity contribution in [1.82, 2.24) is 10.6 Å². The van der Waals surface area contributed by atoms with Crippen LogP contribution in [0.25, 0.3) is 0 Å². The zero-order chi connectivity index (χ0) is 27.1. The summed E-state index contributed by atoms with van der Waals surface area (Å²) in [5.41, 5.74) is 3.74. The molecule has 0 unspecified atom stereocenters. The number of carbonyl (C=O) groups excluding carboxylic acids is 1. The molecule has 7 heteroatoms. The van der Waals surface area contributed by atoms with E-state index >= 15 is 0 Å². The first-order chi connectivity index (χ1) is 16.7. The van der Waals surface area contributed by atoms with Crippen molar-refractivity contribution in [2.45, 2.75) is 96.6 Å². The summed E-state index contributed by atoms with van der Waals surface area (Å²) in [5, 5.41) is 26.1. The normalized spacial score (nSPS) is 14.1. The summed E-state index contributed by atoms with van der Waals surface area (Å²) in [6.07, 6.45) is 1.99. The number of rotatable bonds is 13. The van der Waals surface area contributed by atoms with Crippen molar-refractivity contribution in [3.8, 4) is 5.75 Å². The van der Waals surface area contributed by atoms with Crippen LogP contribution in [-0.2, 0) is 24.2 Å². The number of carbonyl (C=O) groups is 1. The number of hydrogen-bond acceptors (Lipinski definition) is 5. The second-order valence-corrected chi connectivity index (χ2v) is 16.1. The van der Waals surface area contributed by atoms with Crippen LogP contribution in [0.1, 0.15) is 69.2 Å². The molecule has 0 spiro atoms. The van der Waals surface area contributed by atoms with Crippen LogP contribution in [0.4, 0.5) is 0 Å². The second kappa shape index (κ2) is 12.9. The molecule has 2 rings (SSSR count). The number of aromatic hydroxyl groups is 1. The average Bonchev–Trinajstić information content (AvgIpc) is 2.75. The molecular formula is C29H46N2O4Si. The lowest BCUT2D eigenvalue weighted by atomic mass is 9.88. The van der Waals surface area contributed by atoms with Gasteiger partial charge < -0.3 is 25.6 Å².